The lowest BCUT2D eigenvalue weighted by Crippen LogP contribution is -2.38. The molecule has 7 heteroatoms. The molecule has 24 heavy (non-hydrogen) atoms. The molecule has 1 aliphatic heterocycles. The third kappa shape index (κ3) is 4.18. The molecule has 1 aliphatic rings. The molecule has 3 N–H and O–H groups in total. The maximum absolute atomic E-state index is 12.4. The van der Waals surface area contributed by atoms with Gasteiger partial charge in [0.15, 0.2) is 0 Å². The van der Waals surface area contributed by atoms with Crippen LogP contribution in [0.4, 0.5) is 5.69 Å². The summed E-state index contributed by atoms with van der Waals surface area (Å²) in [6.45, 7) is 2.65. The highest BCUT2D eigenvalue weighted by atomic mass is 32.1. The Labute approximate surface area is 144 Å². The van der Waals surface area contributed by atoms with Crippen molar-refractivity contribution in [2.24, 2.45) is 5.92 Å². The van der Waals surface area contributed by atoms with Crippen LogP contribution >= 0.6 is 11.3 Å². The van der Waals surface area contributed by atoms with Crippen molar-refractivity contribution >= 4 is 28.8 Å². The minimum atomic E-state index is -0.249. The summed E-state index contributed by atoms with van der Waals surface area (Å²) in [7, 11) is 0. The number of carbonyl (C=O) groups is 2. The van der Waals surface area contributed by atoms with Gasteiger partial charge in [-0.15, -0.1) is 11.3 Å². The molecule has 0 aliphatic carbocycles. The Morgan fingerprint density at radius 1 is 1.25 bits per heavy atom. The molecule has 0 aromatic carbocycles. The summed E-state index contributed by atoms with van der Waals surface area (Å²) >= 11 is 1.33. The maximum atomic E-state index is 12.4. The van der Waals surface area contributed by atoms with Crippen molar-refractivity contribution in [3.63, 3.8) is 0 Å². The van der Waals surface area contributed by atoms with Gasteiger partial charge in [0.2, 0.25) is 0 Å². The molecule has 1 atom stereocenters. The molecule has 3 rings (SSSR count). The van der Waals surface area contributed by atoms with Crippen LogP contribution in [0, 0.1) is 5.92 Å². The number of nitrogens with zero attached hydrogens (tertiary/aromatic N) is 1. The molecule has 126 valence electrons. The fourth-order valence-electron chi connectivity index (χ4n) is 2.70. The van der Waals surface area contributed by atoms with E-state index < -0.39 is 0 Å². The molecule has 3 heterocycles. The van der Waals surface area contributed by atoms with Gasteiger partial charge in [-0.1, -0.05) is 0 Å². The molecule has 1 saturated heterocycles. The van der Waals surface area contributed by atoms with Crippen LogP contribution in [0.1, 0.15) is 32.9 Å². The SMILES string of the molecule is O=C(Nc1ccsc1C(=O)NCC1CCCNC1)c1ccncc1. The summed E-state index contributed by atoms with van der Waals surface area (Å²) in [5.41, 5.74) is 1.05. The van der Waals surface area contributed by atoms with Crippen LogP contribution < -0.4 is 16.0 Å². The molecular formula is C17H20N4O2S. The van der Waals surface area contributed by atoms with Crippen molar-refractivity contribution in [1.82, 2.24) is 15.6 Å². The first-order chi connectivity index (χ1) is 11.7. The van der Waals surface area contributed by atoms with Gasteiger partial charge < -0.3 is 16.0 Å². The van der Waals surface area contributed by atoms with Gasteiger partial charge in [-0.05, 0) is 55.4 Å². The standard InChI is InChI=1S/C17H20N4O2S/c22-16(13-3-7-18-8-4-13)21-14-5-9-24-15(14)17(23)20-11-12-2-1-6-19-10-12/h3-5,7-9,12,19H,1-2,6,10-11H2,(H,20,23)(H,21,22). The van der Waals surface area contributed by atoms with E-state index in [1.807, 2.05) is 0 Å². The van der Waals surface area contributed by atoms with Crippen molar-refractivity contribution in [2.75, 3.05) is 25.0 Å². The Kier molecular flexibility index (Phi) is 5.55. The van der Waals surface area contributed by atoms with Gasteiger partial charge in [0.05, 0.1) is 5.69 Å². The molecule has 0 saturated carbocycles. The minimum Gasteiger partial charge on any atom is -0.351 e. The first-order valence-electron chi connectivity index (χ1n) is 8.02. The fourth-order valence-corrected chi connectivity index (χ4v) is 3.46. The largest absolute Gasteiger partial charge is 0.351 e. The van der Waals surface area contributed by atoms with Crippen LogP contribution in [0.25, 0.3) is 0 Å². The number of amides is 2. The topological polar surface area (TPSA) is 83.1 Å². The quantitative estimate of drug-likeness (QED) is 0.776. The monoisotopic (exact) mass is 344 g/mol. The summed E-state index contributed by atoms with van der Waals surface area (Å²) in [4.78, 5) is 29.0. The van der Waals surface area contributed by atoms with Gasteiger partial charge in [0.25, 0.3) is 11.8 Å². The Balaban J connectivity index is 1.59. The van der Waals surface area contributed by atoms with E-state index in [0.717, 1.165) is 25.9 Å². The van der Waals surface area contributed by atoms with Crippen LogP contribution in [-0.4, -0.2) is 36.4 Å². The van der Waals surface area contributed by atoms with E-state index in [2.05, 4.69) is 20.9 Å². The summed E-state index contributed by atoms with van der Waals surface area (Å²) < 4.78 is 0. The van der Waals surface area contributed by atoms with E-state index in [0.29, 0.717) is 28.6 Å². The molecule has 1 fully saturated rings. The highest BCUT2D eigenvalue weighted by molar-refractivity contribution is 7.12. The van der Waals surface area contributed by atoms with E-state index in [9.17, 15) is 9.59 Å². The molecule has 2 aromatic rings. The number of nitrogens with one attached hydrogen (secondary N) is 3. The van der Waals surface area contributed by atoms with E-state index >= 15 is 0 Å². The highest BCUT2D eigenvalue weighted by Crippen LogP contribution is 2.23. The minimum absolute atomic E-state index is 0.138. The lowest BCUT2D eigenvalue weighted by Gasteiger charge is -2.22. The first-order valence-corrected chi connectivity index (χ1v) is 8.90. The van der Waals surface area contributed by atoms with Crippen molar-refractivity contribution in [1.29, 1.82) is 0 Å². The van der Waals surface area contributed by atoms with Crippen molar-refractivity contribution < 1.29 is 9.59 Å². The second-order valence-electron chi connectivity index (χ2n) is 5.78. The average molecular weight is 344 g/mol. The predicted molar refractivity (Wildman–Crippen MR) is 94.4 cm³/mol. The normalized spacial score (nSPS) is 17.2. The summed E-state index contributed by atoms with van der Waals surface area (Å²) in [5.74, 6) is 0.0828. The zero-order chi connectivity index (χ0) is 16.8. The van der Waals surface area contributed by atoms with Gasteiger partial charge in [0, 0.05) is 24.5 Å². The van der Waals surface area contributed by atoms with E-state index in [1.165, 1.54) is 11.3 Å². The molecule has 2 amide bonds. The Morgan fingerprint density at radius 3 is 2.83 bits per heavy atom. The van der Waals surface area contributed by atoms with Crippen LogP contribution in [0.3, 0.4) is 0 Å². The van der Waals surface area contributed by atoms with Gasteiger partial charge in [0.1, 0.15) is 4.88 Å². The van der Waals surface area contributed by atoms with Crippen LogP contribution in [0.2, 0.25) is 0 Å². The molecule has 0 radical (unpaired) electrons. The number of carbonyl (C=O) groups excluding carboxylic acids is 2. The number of rotatable bonds is 5. The number of anilines is 1. The summed E-state index contributed by atoms with van der Waals surface area (Å²) in [6, 6.07) is 5.02. The second-order valence-corrected chi connectivity index (χ2v) is 6.69. The van der Waals surface area contributed by atoms with Crippen LogP contribution in [0.15, 0.2) is 36.0 Å². The smallest absolute Gasteiger partial charge is 0.263 e. The first kappa shape index (κ1) is 16.6. The van der Waals surface area contributed by atoms with Crippen LogP contribution in [-0.2, 0) is 0 Å². The average Bonchev–Trinajstić information content (AvgIpc) is 3.09. The Bertz CT molecular complexity index is 696. The van der Waals surface area contributed by atoms with Crippen molar-refractivity contribution in [3.8, 4) is 0 Å². The molecule has 0 spiro atoms. The molecular weight excluding hydrogens is 324 g/mol. The number of hydrogen-bond acceptors (Lipinski definition) is 5. The number of hydrogen-bond donors (Lipinski definition) is 3. The summed E-state index contributed by atoms with van der Waals surface area (Å²) in [6.07, 6.45) is 5.40. The number of thiophene rings is 1. The van der Waals surface area contributed by atoms with E-state index in [-0.39, 0.29) is 11.8 Å². The predicted octanol–water partition coefficient (Wildman–Crippen LogP) is 2.12. The van der Waals surface area contributed by atoms with E-state index in [4.69, 9.17) is 0 Å². The lowest BCUT2D eigenvalue weighted by molar-refractivity contribution is 0.0949. The Hall–Kier alpha value is -2.25. The zero-order valence-corrected chi connectivity index (χ0v) is 14.1. The fraction of sp³-hybridized carbons (Fsp3) is 0.353. The second kappa shape index (κ2) is 8.03. The molecule has 0 bridgehead atoms. The third-order valence-corrected chi connectivity index (χ3v) is 4.93. The van der Waals surface area contributed by atoms with Gasteiger partial charge in [-0.3, -0.25) is 14.6 Å². The zero-order valence-electron chi connectivity index (χ0n) is 13.2. The highest BCUT2D eigenvalue weighted by Gasteiger charge is 2.18. The van der Waals surface area contributed by atoms with Crippen LogP contribution in [0.5, 0.6) is 0 Å². The van der Waals surface area contributed by atoms with Gasteiger partial charge in [-0.2, -0.15) is 0 Å². The van der Waals surface area contributed by atoms with Gasteiger partial charge in [-0.25, -0.2) is 0 Å². The summed E-state index contributed by atoms with van der Waals surface area (Å²) in [5, 5.41) is 10.9. The van der Waals surface area contributed by atoms with E-state index in [1.54, 1.807) is 36.0 Å². The van der Waals surface area contributed by atoms with Crippen molar-refractivity contribution in [2.45, 2.75) is 12.8 Å². The maximum Gasteiger partial charge on any atom is 0.263 e. The van der Waals surface area contributed by atoms with Gasteiger partial charge >= 0.3 is 0 Å². The lowest BCUT2D eigenvalue weighted by atomic mass is 10.00. The number of pyridine rings is 1. The molecule has 1 unspecified atom stereocenters. The molecule has 6 nitrogen and oxygen atoms in total. The number of aromatic nitrogens is 1. The third-order valence-electron chi connectivity index (χ3n) is 4.01. The number of piperidine rings is 1. The molecule has 2 aromatic heterocycles. The van der Waals surface area contributed by atoms with Crippen molar-refractivity contribution in [3.05, 3.63) is 46.4 Å². The Morgan fingerprint density at radius 2 is 2.08 bits per heavy atom.